The summed E-state index contributed by atoms with van der Waals surface area (Å²) in [6.07, 6.45) is 6.32. The molecule has 1 saturated heterocycles. The Kier molecular flexibility index (Phi) is 3.78. The van der Waals surface area contributed by atoms with Crippen LogP contribution in [0.15, 0.2) is 12.7 Å². The average Bonchev–Trinajstić information content (AvgIpc) is 2.99. The normalized spacial score (nSPS) is 31.1. The highest BCUT2D eigenvalue weighted by atomic mass is 16.5. The highest BCUT2D eigenvalue weighted by Gasteiger charge is 2.32. The molecular formula is C12H22N2O. The zero-order valence-corrected chi connectivity index (χ0v) is 9.61. The summed E-state index contributed by atoms with van der Waals surface area (Å²) < 4.78 is 5.36. The van der Waals surface area contributed by atoms with E-state index in [0.717, 1.165) is 32.1 Å². The van der Waals surface area contributed by atoms with E-state index in [4.69, 9.17) is 4.74 Å². The summed E-state index contributed by atoms with van der Waals surface area (Å²) in [4.78, 5) is 2.54. The highest BCUT2D eigenvalue weighted by Crippen LogP contribution is 2.27. The second kappa shape index (κ2) is 5.10. The molecule has 2 fully saturated rings. The Morgan fingerprint density at radius 3 is 2.87 bits per heavy atom. The number of hydrogen-bond donors (Lipinski definition) is 1. The molecule has 0 aromatic carbocycles. The van der Waals surface area contributed by atoms with E-state index < -0.39 is 0 Å². The van der Waals surface area contributed by atoms with Crippen molar-refractivity contribution in [3.8, 4) is 0 Å². The van der Waals surface area contributed by atoms with Crippen LogP contribution in [0.1, 0.15) is 19.3 Å². The Bertz CT molecular complexity index is 216. The molecule has 0 aromatic heterocycles. The van der Waals surface area contributed by atoms with Gasteiger partial charge in [-0.25, -0.2) is 0 Å². The number of hydrogen-bond acceptors (Lipinski definition) is 3. The Morgan fingerprint density at radius 1 is 1.53 bits per heavy atom. The summed E-state index contributed by atoms with van der Waals surface area (Å²) in [7, 11) is 1.80. The van der Waals surface area contributed by atoms with Crippen LogP contribution in [0.3, 0.4) is 0 Å². The molecule has 86 valence electrons. The van der Waals surface area contributed by atoms with Crippen molar-refractivity contribution in [3.05, 3.63) is 12.7 Å². The predicted octanol–water partition coefficient (Wildman–Crippen LogP) is 1.01. The Hall–Kier alpha value is -0.380. The Labute approximate surface area is 92.5 Å². The van der Waals surface area contributed by atoms with Crippen LogP contribution in [0.2, 0.25) is 0 Å². The SMILES string of the molecule is C=CCN(CC1CC(OC)CN1)C1CC1. The van der Waals surface area contributed by atoms with Crippen LogP contribution in [-0.4, -0.2) is 49.8 Å². The lowest BCUT2D eigenvalue weighted by atomic mass is 10.2. The van der Waals surface area contributed by atoms with Gasteiger partial charge in [-0.2, -0.15) is 0 Å². The summed E-state index contributed by atoms with van der Waals surface area (Å²) in [5.41, 5.74) is 0. The van der Waals surface area contributed by atoms with Crippen molar-refractivity contribution in [2.75, 3.05) is 26.7 Å². The van der Waals surface area contributed by atoms with Gasteiger partial charge in [-0.1, -0.05) is 6.08 Å². The first-order valence-electron chi connectivity index (χ1n) is 5.94. The molecule has 2 rings (SSSR count). The molecular weight excluding hydrogens is 188 g/mol. The molecule has 3 heteroatoms. The fourth-order valence-electron chi connectivity index (χ4n) is 2.36. The van der Waals surface area contributed by atoms with E-state index in [1.807, 2.05) is 6.08 Å². The van der Waals surface area contributed by atoms with Crippen molar-refractivity contribution in [1.82, 2.24) is 10.2 Å². The first-order valence-corrected chi connectivity index (χ1v) is 5.94. The lowest BCUT2D eigenvalue weighted by Gasteiger charge is -2.24. The van der Waals surface area contributed by atoms with E-state index in [0.29, 0.717) is 12.1 Å². The number of methoxy groups -OCH3 is 1. The molecule has 1 aliphatic carbocycles. The average molecular weight is 210 g/mol. The summed E-state index contributed by atoms with van der Waals surface area (Å²) in [6.45, 7) is 7.01. The lowest BCUT2D eigenvalue weighted by molar-refractivity contribution is 0.115. The molecule has 1 aliphatic heterocycles. The van der Waals surface area contributed by atoms with E-state index >= 15 is 0 Å². The van der Waals surface area contributed by atoms with Crippen LogP contribution in [0.25, 0.3) is 0 Å². The topological polar surface area (TPSA) is 24.5 Å². The minimum absolute atomic E-state index is 0.416. The van der Waals surface area contributed by atoms with E-state index in [1.54, 1.807) is 7.11 Å². The molecule has 0 bridgehead atoms. The van der Waals surface area contributed by atoms with Gasteiger partial charge in [0.25, 0.3) is 0 Å². The lowest BCUT2D eigenvalue weighted by Crippen LogP contribution is -2.38. The van der Waals surface area contributed by atoms with Crippen molar-refractivity contribution in [1.29, 1.82) is 0 Å². The molecule has 15 heavy (non-hydrogen) atoms. The largest absolute Gasteiger partial charge is 0.380 e. The molecule has 3 nitrogen and oxygen atoms in total. The first kappa shape index (κ1) is 11.1. The Morgan fingerprint density at radius 2 is 2.33 bits per heavy atom. The molecule has 2 aliphatic rings. The molecule has 0 aromatic rings. The zero-order valence-electron chi connectivity index (χ0n) is 9.61. The third-order valence-electron chi connectivity index (χ3n) is 3.40. The van der Waals surface area contributed by atoms with Crippen molar-refractivity contribution < 1.29 is 4.74 Å². The minimum atomic E-state index is 0.416. The van der Waals surface area contributed by atoms with E-state index in [9.17, 15) is 0 Å². The van der Waals surface area contributed by atoms with Gasteiger partial charge >= 0.3 is 0 Å². The van der Waals surface area contributed by atoms with Crippen LogP contribution in [0.4, 0.5) is 0 Å². The van der Waals surface area contributed by atoms with Crippen molar-refractivity contribution >= 4 is 0 Å². The van der Waals surface area contributed by atoms with E-state index in [2.05, 4.69) is 16.8 Å². The predicted molar refractivity (Wildman–Crippen MR) is 62.0 cm³/mol. The van der Waals surface area contributed by atoms with Crippen LogP contribution in [-0.2, 0) is 4.74 Å². The number of rotatable bonds is 6. The molecule has 2 atom stereocenters. The van der Waals surface area contributed by atoms with Crippen molar-refractivity contribution in [3.63, 3.8) is 0 Å². The van der Waals surface area contributed by atoms with Gasteiger partial charge < -0.3 is 10.1 Å². The number of nitrogens with one attached hydrogen (secondary N) is 1. The van der Waals surface area contributed by atoms with Crippen molar-refractivity contribution in [2.45, 2.75) is 37.5 Å². The molecule has 0 amide bonds. The first-order chi connectivity index (χ1) is 7.33. The molecule has 0 radical (unpaired) electrons. The highest BCUT2D eigenvalue weighted by molar-refractivity contribution is 4.92. The third kappa shape index (κ3) is 3.03. The van der Waals surface area contributed by atoms with Gasteiger partial charge in [0.2, 0.25) is 0 Å². The van der Waals surface area contributed by atoms with Crippen LogP contribution in [0.5, 0.6) is 0 Å². The van der Waals surface area contributed by atoms with E-state index in [1.165, 1.54) is 12.8 Å². The third-order valence-corrected chi connectivity index (χ3v) is 3.40. The molecule has 1 N–H and O–H groups in total. The summed E-state index contributed by atoms with van der Waals surface area (Å²) >= 11 is 0. The zero-order chi connectivity index (χ0) is 10.7. The smallest absolute Gasteiger partial charge is 0.0711 e. The fourth-order valence-corrected chi connectivity index (χ4v) is 2.36. The molecule has 0 spiro atoms. The van der Waals surface area contributed by atoms with Crippen molar-refractivity contribution in [2.24, 2.45) is 0 Å². The number of nitrogens with zero attached hydrogens (tertiary/aromatic N) is 1. The standard InChI is InChI=1S/C12H22N2O/c1-3-6-14(11-4-5-11)9-10-7-12(15-2)8-13-10/h3,10-13H,1,4-9H2,2H3. The molecule has 2 unspecified atom stereocenters. The second-order valence-corrected chi connectivity index (χ2v) is 4.67. The van der Waals surface area contributed by atoms with Gasteiger partial charge in [0.05, 0.1) is 6.10 Å². The monoisotopic (exact) mass is 210 g/mol. The van der Waals surface area contributed by atoms with Gasteiger partial charge in [0.15, 0.2) is 0 Å². The van der Waals surface area contributed by atoms with Crippen LogP contribution in [0, 0.1) is 0 Å². The van der Waals surface area contributed by atoms with Gasteiger partial charge in [-0.15, -0.1) is 6.58 Å². The summed E-state index contributed by atoms with van der Waals surface area (Å²) in [5.74, 6) is 0. The summed E-state index contributed by atoms with van der Waals surface area (Å²) in [6, 6.07) is 1.43. The summed E-state index contributed by atoms with van der Waals surface area (Å²) in [5, 5.41) is 3.53. The molecule has 1 saturated carbocycles. The number of ether oxygens (including phenoxy) is 1. The fraction of sp³-hybridized carbons (Fsp3) is 0.833. The van der Waals surface area contributed by atoms with Gasteiger partial charge in [0.1, 0.15) is 0 Å². The van der Waals surface area contributed by atoms with Crippen LogP contribution < -0.4 is 5.32 Å². The minimum Gasteiger partial charge on any atom is -0.380 e. The van der Waals surface area contributed by atoms with Gasteiger partial charge in [-0.05, 0) is 19.3 Å². The maximum Gasteiger partial charge on any atom is 0.0711 e. The van der Waals surface area contributed by atoms with Gasteiger partial charge in [0, 0.05) is 38.8 Å². The maximum atomic E-state index is 5.36. The Balaban J connectivity index is 1.76. The molecule has 1 heterocycles. The van der Waals surface area contributed by atoms with E-state index in [-0.39, 0.29) is 0 Å². The quantitative estimate of drug-likeness (QED) is 0.662. The van der Waals surface area contributed by atoms with Crippen LogP contribution >= 0.6 is 0 Å². The maximum absolute atomic E-state index is 5.36. The van der Waals surface area contributed by atoms with Gasteiger partial charge in [-0.3, -0.25) is 4.90 Å². The second-order valence-electron chi connectivity index (χ2n) is 4.67.